The number of piperidine rings is 1. The van der Waals surface area contributed by atoms with Crippen molar-refractivity contribution in [2.24, 2.45) is 0 Å². The molecule has 1 heterocycles. The van der Waals surface area contributed by atoms with Crippen molar-refractivity contribution in [3.8, 4) is 5.75 Å². The van der Waals surface area contributed by atoms with Crippen molar-refractivity contribution in [3.05, 3.63) is 28.2 Å². The summed E-state index contributed by atoms with van der Waals surface area (Å²) < 4.78 is 5.92. The van der Waals surface area contributed by atoms with E-state index in [-0.39, 0.29) is 17.4 Å². The van der Waals surface area contributed by atoms with Gasteiger partial charge in [0.1, 0.15) is 11.8 Å². The molecule has 24 heavy (non-hydrogen) atoms. The summed E-state index contributed by atoms with van der Waals surface area (Å²) in [4.78, 5) is 27.3. The molecule has 1 aromatic carbocycles. The first-order chi connectivity index (χ1) is 11.2. The Morgan fingerprint density at radius 3 is 2.62 bits per heavy atom. The molecular formula is C18H25BrN2O3. The van der Waals surface area contributed by atoms with Crippen LogP contribution in [0.3, 0.4) is 0 Å². The molecule has 1 saturated heterocycles. The molecule has 0 radical (unpaired) electrons. The van der Waals surface area contributed by atoms with Crippen LogP contribution in [0.15, 0.2) is 22.7 Å². The lowest BCUT2D eigenvalue weighted by Crippen LogP contribution is -2.55. The van der Waals surface area contributed by atoms with Crippen molar-refractivity contribution >= 4 is 27.7 Å². The van der Waals surface area contributed by atoms with Crippen molar-refractivity contribution in [1.29, 1.82) is 0 Å². The van der Waals surface area contributed by atoms with E-state index in [4.69, 9.17) is 4.74 Å². The lowest BCUT2D eigenvalue weighted by Gasteiger charge is -2.36. The van der Waals surface area contributed by atoms with Gasteiger partial charge in [-0.1, -0.05) is 0 Å². The standard InChI is InChI=1S/C18H25BrN2O3/c1-18(2,3)20-16(22)15-7-5-6-10-21(15)17(23)13-11-12(24-4)8-9-14(13)19/h8-9,11,15H,5-7,10H2,1-4H3,(H,20,22). The van der Waals surface area contributed by atoms with Gasteiger partial charge >= 0.3 is 0 Å². The maximum absolute atomic E-state index is 13.0. The Morgan fingerprint density at radius 2 is 2.00 bits per heavy atom. The number of carbonyl (C=O) groups is 2. The summed E-state index contributed by atoms with van der Waals surface area (Å²) in [6.07, 6.45) is 2.55. The molecule has 5 nitrogen and oxygen atoms in total. The van der Waals surface area contributed by atoms with Gasteiger partial charge in [-0.05, 0) is 74.2 Å². The van der Waals surface area contributed by atoms with E-state index in [1.54, 1.807) is 30.2 Å². The number of likely N-dealkylation sites (tertiary alicyclic amines) is 1. The molecule has 6 heteroatoms. The van der Waals surface area contributed by atoms with Crippen LogP contribution >= 0.6 is 15.9 Å². The fourth-order valence-corrected chi connectivity index (χ4v) is 3.27. The lowest BCUT2D eigenvalue weighted by molar-refractivity contribution is -0.128. The van der Waals surface area contributed by atoms with Gasteiger partial charge < -0.3 is 15.0 Å². The molecule has 1 aromatic rings. The summed E-state index contributed by atoms with van der Waals surface area (Å²) in [7, 11) is 1.57. The Balaban J connectivity index is 2.27. The predicted molar refractivity (Wildman–Crippen MR) is 97.3 cm³/mol. The highest BCUT2D eigenvalue weighted by Crippen LogP contribution is 2.27. The number of nitrogens with one attached hydrogen (secondary N) is 1. The van der Waals surface area contributed by atoms with Crippen molar-refractivity contribution in [1.82, 2.24) is 10.2 Å². The molecule has 1 N–H and O–H groups in total. The molecule has 1 aliphatic heterocycles. The number of benzene rings is 1. The van der Waals surface area contributed by atoms with E-state index in [2.05, 4.69) is 21.2 Å². The Kier molecular flexibility index (Phi) is 5.91. The van der Waals surface area contributed by atoms with Crippen LogP contribution in [0.1, 0.15) is 50.4 Å². The van der Waals surface area contributed by atoms with E-state index in [1.807, 2.05) is 20.8 Å². The van der Waals surface area contributed by atoms with Crippen LogP contribution in [0, 0.1) is 0 Å². The Labute approximate surface area is 151 Å². The average molecular weight is 397 g/mol. The summed E-state index contributed by atoms with van der Waals surface area (Å²) in [5.74, 6) is 0.387. The third-order valence-electron chi connectivity index (χ3n) is 3.97. The van der Waals surface area contributed by atoms with Crippen LogP contribution < -0.4 is 10.1 Å². The highest BCUT2D eigenvalue weighted by Gasteiger charge is 2.34. The van der Waals surface area contributed by atoms with Crippen LogP contribution in [0.25, 0.3) is 0 Å². The second-order valence-corrected chi connectivity index (χ2v) is 7.95. The summed E-state index contributed by atoms with van der Waals surface area (Å²) in [6.45, 7) is 6.42. The van der Waals surface area contributed by atoms with Crippen LogP contribution in [-0.2, 0) is 4.79 Å². The highest BCUT2D eigenvalue weighted by atomic mass is 79.9. The monoisotopic (exact) mass is 396 g/mol. The van der Waals surface area contributed by atoms with Crippen LogP contribution in [-0.4, -0.2) is 41.9 Å². The first-order valence-electron chi connectivity index (χ1n) is 8.19. The molecule has 1 unspecified atom stereocenters. The third-order valence-corrected chi connectivity index (χ3v) is 4.66. The second kappa shape index (κ2) is 7.55. The van der Waals surface area contributed by atoms with Crippen molar-refractivity contribution in [3.63, 3.8) is 0 Å². The Morgan fingerprint density at radius 1 is 1.29 bits per heavy atom. The maximum Gasteiger partial charge on any atom is 0.255 e. The minimum absolute atomic E-state index is 0.0884. The van der Waals surface area contributed by atoms with Gasteiger partial charge in [0.2, 0.25) is 5.91 Å². The zero-order valence-corrected chi connectivity index (χ0v) is 16.3. The van der Waals surface area contributed by atoms with Gasteiger partial charge in [0.05, 0.1) is 12.7 Å². The third kappa shape index (κ3) is 4.50. The zero-order valence-electron chi connectivity index (χ0n) is 14.7. The fourth-order valence-electron chi connectivity index (χ4n) is 2.85. The number of ether oxygens (including phenoxy) is 1. The Bertz CT molecular complexity index is 625. The number of methoxy groups -OCH3 is 1. The van der Waals surface area contributed by atoms with Gasteiger partial charge in [-0.15, -0.1) is 0 Å². The van der Waals surface area contributed by atoms with E-state index < -0.39 is 6.04 Å². The van der Waals surface area contributed by atoms with E-state index in [1.165, 1.54) is 0 Å². The lowest BCUT2D eigenvalue weighted by atomic mass is 9.98. The number of nitrogens with zero attached hydrogens (tertiary/aromatic N) is 1. The molecule has 1 fully saturated rings. The molecule has 0 spiro atoms. The molecular weight excluding hydrogens is 372 g/mol. The molecule has 2 rings (SSSR count). The van der Waals surface area contributed by atoms with Crippen molar-refractivity contribution in [2.75, 3.05) is 13.7 Å². The number of amides is 2. The number of carbonyl (C=O) groups excluding carboxylic acids is 2. The number of hydrogen-bond donors (Lipinski definition) is 1. The van der Waals surface area contributed by atoms with Crippen LogP contribution in [0.4, 0.5) is 0 Å². The maximum atomic E-state index is 13.0. The number of hydrogen-bond acceptors (Lipinski definition) is 3. The molecule has 132 valence electrons. The van der Waals surface area contributed by atoms with Crippen LogP contribution in [0.2, 0.25) is 0 Å². The van der Waals surface area contributed by atoms with Gasteiger partial charge in [0.25, 0.3) is 5.91 Å². The summed E-state index contributed by atoms with van der Waals surface area (Å²) in [5, 5.41) is 2.99. The molecule has 0 saturated carbocycles. The minimum Gasteiger partial charge on any atom is -0.497 e. The van der Waals surface area contributed by atoms with Crippen molar-refractivity contribution in [2.45, 2.75) is 51.6 Å². The summed E-state index contributed by atoms with van der Waals surface area (Å²) in [6, 6.07) is 4.87. The first kappa shape index (κ1) is 18.8. The summed E-state index contributed by atoms with van der Waals surface area (Å²) in [5.41, 5.74) is 0.199. The molecule has 2 amide bonds. The van der Waals surface area contributed by atoms with E-state index in [0.29, 0.717) is 28.8 Å². The van der Waals surface area contributed by atoms with Crippen molar-refractivity contribution < 1.29 is 14.3 Å². The minimum atomic E-state index is -0.427. The molecule has 0 aliphatic carbocycles. The van der Waals surface area contributed by atoms with Gasteiger partial charge in [-0.25, -0.2) is 0 Å². The average Bonchev–Trinajstić information content (AvgIpc) is 2.53. The van der Waals surface area contributed by atoms with Gasteiger partial charge in [0.15, 0.2) is 0 Å². The zero-order chi connectivity index (χ0) is 17.9. The second-order valence-electron chi connectivity index (χ2n) is 7.10. The number of halogens is 1. The van der Waals surface area contributed by atoms with Gasteiger partial charge in [0, 0.05) is 16.6 Å². The largest absolute Gasteiger partial charge is 0.497 e. The Hall–Kier alpha value is -1.56. The molecule has 0 aromatic heterocycles. The SMILES string of the molecule is COc1ccc(Br)c(C(=O)N2CCCCC2C(=O)NC(C)(C)C)c1. The highest BCUT2D eigenvalue weighted by molar-refractivity contribution is 9.10. The van der Waals surface area contributed by atoms with E-state index >= 15 is 0 Å². The molecule has 1 atom stereocenters. The molecule has 0 bridgehead atoms. The first-order valence-corrected chi connectivity index (χ1v) is 8.99. The van der Waals surface area contributed by atoms with Gasteiger partial charge in [-0.3, -0.25) is 9.59 Å². The fraction of sp³-hybridized carbons (Fsp3) is 0.556. The predicted octanol–water partition coefficient (Wildman–Crippen LogP) is 3.37. The smallest absolute Gasteiger partial charge is 0.255 e. The summed E-state index contributed by atoms with van der Waals surface area (Å²) >= 11 is 3.43. The van der Waals surface area contributed by atoms with E-state index in [0.717, 1.165) is 12.8 Å². The van der Waals surface area contributed by atoms with E-state index in [9.17, 15) is 9.59 Å². The topological polar surface area (TPSA) is 58.6 Å². The normalized spacial score (nSPS) is 18.2. The van der Waals surface area contributed by atoms with Crippen LogP contribution in [0.5, 0.6) is 5.75 Å². The van der Waals surface area contributed by atoms with Gasteiger partial charge in [-0.2, -0.15) is 0 Å². The molecule has 1 aliphatic rings. The number of rotatable bonds is 3. The quantitative estimate of drug-likeness (QED) is 0.851.